The van der Waals surface area contributed by atoms with Gasteiger partial charge in [-0.3, -0.25) is 4.79 Å². The zero-order valence-corrected chi connectivity index (χ0v) is 12.4. The van der Waals surface area contributed by atoms with Crippen molar-refractivity contribution in [3.63, 3.8) is 0 Å². The smallest absolute Gasteiger partial charge is 0.227 e. The van der Waals surface area contributed by atoms with Crippen LogP contribution in [-0.4, -0.2) is 28.9 Å². The minimum Gasteiger partial charge on any atom is -0.353 e. The summed E-state index contributed by atoms with van der Waals surface area (Å²) in [5.74, 6) is 1.51. The van der Waals surface area contributed by atoms with Gasteiger partial charge in [-0.2, -0.15) is 11.8 Å². The maximum Gasteiger partial charge on any atom is 0.227 e. The highest BCUT2D eigenvalue weighted by Gasteiger charge is 2.10. The number of thioether (sulfide) groups is 1. The largest absolute Gasteiger partial charge is 0.353 e. The standard InChI is InChI=1S/C11H17ClN2OS2/c1-8(3-4-16-2)13-10(15)5-11-14-9(6-12)7-17-11/h7-8H,3-6H2,1-2H3,(H,13,15). The molecule has 0 fully saturated rings. The van der Waals surface area contributed by atoms with Gasteiger partial charge in [-0.1, -0.05) is 0 Å². The van der Waals surface area contributed by atoms with Gasteiger partial charge in [0, 0.05) is 11.4 Å². The average Bonchev–Trinajstić information content (AvgIpc) is 2.73. The number of alkyl halides is 1. The van der Waals surface area contributed by atoms with E-state index in [2.05, 4.69) is 16.6 Å². The number of thiazole rings is 1. The van der Waals surface area contributed by atoms with Crippen LogP contribution in [0.3, 0.4) is 0 Å². The molecule has 1 atom stereocenters. The van der Waals surface area contributed by atoms with Crippen LogP contribution in [0.5, 0.6) is 0 Å². The molecule has 0 aliphatic rings. The van der Waals surface area contributed by atoms with Crippen LogP contribution in [0.15, 0.2) is 5.38 Å². The summed E-state index contributed by atoms with van der Waals surface area (Å²) in [6.07, 6.45) is 3.42. The molecule has 1 N–H and O–H groups in total. The Kier molecular flexibility index (Phi) is 6.92. The third-order valence-electron chi connectivity index (χ3n) is 2.21. The van der Waals surface area contributed by atoms with E-state index in [9.17, 15) is 4.79 Å². The summed E-state index contributed by atoms with van der Waals surface area (Å²) in [5.41, 5.74) is 0.842. The Balaban J connectivity index is 2.33. The molecule has 17 heavy (non-hydrogen) atoms. The molecule has 1 unspecified atom stereocenters. The van der Waals surface area contributed by atoms with Crippen molar-refractivity contribution in [1.82, 2.24) is 10.3 Å². The Bertz CT molecular complexity index is 357. The lowest BCUT2D eigenvalue weighted by molar-refractivity contribution is -0.121. The topological polar surface area (TPSA) is 42.0 Å². The van der Waals surface area contributed by atoms with E-state index in [1.165, 1.54) is 11.3 Å². The zero-order chi connectivity index (χ0) is 12.7. The monoisotopic (exact) mass is 292 g/mol. The van der Waals surface area contributed by atoms with Crippen molar-refractivity contribution in [2.75, 3.05) is 12.0 Å². The van der Waals surface area contributed by atoms with Crippen LogP contribution in [0.25, 0.3) is 0 Å². The second-order valence-electron chi connectivity index (χ2n) is 3.79. The van der Waals surface area contributed by atoms with E-state index in [1.807, 2.05) is 12.3 Å². The van der Waals surface area contributed by atoms with E-state index >= 15 is 0 Å². The van der Waals surface area contributed by atoms with E-state index in [-0.39, 0.29) is 11.9 Å². The number of amides is 1. The van der Waals surface area contributed by atoms with Gasteiger partial charge in [0.2, 0.25) is 5.91 Å². The van der Waals surface area contributed by atoms with Crippen molar-refractivity contribution >= 4 is 40.6 Å². The highest BCUT2D eigenvalue weighted by molar-refractivity contribution is 7.98. The van der Waals surface area contributed by atoms with Gasteiger partial charge in [-0.15, -0.1) is 22.9 Å². The lowest BCUT2D eigenvalue weighted by atomic mass is 10.2. The van der Waals surface area contributed by atoms with Crippen LogP contribution >= 0.6 is 34.7 Å². The zero-order valence-electron chi connectivity index (χ0n) is 10.0. The summed E-state index contributed by atoms with van der Waals surface area (Å²) >= 11 is 8.94. The average molecular weight is 293 g/mol. The van der Waals surface area contributed by atoms with E-state index in [1.54, 1.807) is 11.8 Å². The third kappa shape index (κ3) is 5.75. The first kappa shape index (κ1) is 14.8. The molecule has 1 amide bonds. The molecule has 1 aromatic rings. The van der Waals surface area contributed by atoms with Crippen molar-refractivity contribution < 1.29 is 4.79 Å². The summed E-state index contributed by atoms with van der Waals surface area (Å²) in [5, 5.41) is 5.70. The number of halogens is 1. The van der Waals surface area contributed by atoms with Gasteiger partial charge in [0.25, 0.3) is 0 Å². The molecule has 1 heterocycles. The maximum absolute atomic E-state index is 11.7. The Labute approximate surface area is 115 Å². The van der Waals surface area contributed by atoms with Crippen molar-refractivity contribution in [3.05, 3.63) is 16.1 Å². The molecule has 0 radical (unpaired) electrons. The molecule has 6 heteroatoms. The quantitative estimate of drug-likeness (QED) is 0.786. The second kappa shape index (κ2) is 7.95. The molecule has 0 aliphatic carbocycles. The lowest BCUT2D eigenvalue weighted by Gasteiger charge is -2.12. The minimum atomic E-state index is 0.0362. The molecule has 0 saturated heterocycles. The fraction of sp³-hybridized carbons (Fsp3) is 0.636. The SMILES string of the molecule is CSCCC(C)NC(=O)Cc1nc(CCl)cs1. The third-order valence-corrected chi connectivity index (χ3v) is 4.03. The summed E-state index contributed by atoms with van der Waals surface area (Å²) in [6.45, 7) is 2.03. The van der Waals surface area contributed by atoms with Crippen LogP contribution in [-0.2, 0) is 17.1 Å². The number of carbonyl (C=O) groups excluding carboxylic acids is 1. The summed E-state index contributed by atoms with van der Waals surface area (Å²) in [4.78, 5) is 16.0. The lowest BCUT2D eigenvalue weighted by Crippen LogP contribution is -2.34. The molecular weight excluding hydrogens is 276 g/mol. The number of nitrogens with zero attached hydrogens (tertiary/aromatic N) is 1. The first-order valence-electron chi connectivity index (χ1n) is 5.43. The normalized spacial score (nSPS) is 12.4. The minimum absolute atomic E-state index is 0.0362. The van der Waals surface area contributed by atoms with Crippen LogP contribution in [0.2, 0.25) is 0 Å². The number of carbonyl (C=O) groups is 1. The highest BCUT2D eigenvalue weighted by Crippen LogP contribution is 2.12. The van der Waals surface area contributed by atoms with Crippen molar-refractivity contribution in [2.24, 2.45) is 0 Å². The molecule has 0 spiro atoms. The second-order valence-corrected chi connectivity index (χ2v) is 5.99. The number of hydrogen-bond acceptors (Lipinski definition) is 4. The van der Waals surface area contributed by atoms with Gasteiger partial charge in [0.15, 0.2) is 0 Å². The van der Waals surface area contributed by atoms with Crippen LogP contribution < -0.4 is 5.32 Å². The Hall–Kier alpha value is -0.260. The number of nitrogens with one attached hydrogen (secondary N) is 1. The number of aromatic nitrogens is 1. The maximum atomic E-state index is 11.7. The first-order valence-corrected chi connectivity index (χ1v) is 8.24. The number of hydrogen-bond donors (Lipinski definition) is 1. The summed E-state index contributed by atoms with van der Waals surface area (Å²) in [6, 6.07) is 0.224. The molecule has 1 aromatic heterocycles. The van der Waals surface area contributed by atoms with Crippen molar-refractivity contribution in [1.29, 1.82) is 0 Å². The van der Waals surface area contributed by atoms with Gasteiger partial charge in [-0.05, 0) is 25.4 Å². The molecular formula is C11H17ClN2OS2. The van der Waals surface area contributed by atoms with Gasteiger partial charge < -0.3 is 5.32 Å². The van der Waals surface area contributed by atoms with E-state index in [4.69, 9.17) is 11.6 Å². The van der Waals surface area contributed by atoms with Gasteiger partial charge in [0.05, 0.1) is 18.0 Å². The van der Waals surface area contributed by atoms with E-state index in [0.717, 1.165) is 22.9 Å². The molecule has 1 rings (SSSR count). The molecule has 0 aliphatic heterocycles. The Morgan fingerprint density at radius 2 is 2.47 bits per heavy atom. The van der Waals surface area contributed by atoms with E-state index in [0.29, 0.717) is 12.3 Å². The molecule has 3 nitrogen and oxygen atoms in total. The van der Waals surface area contributed by atoms with E-state index < -0.39 is 0 Å². The fourth-order valence-electron chi connectivity index (χ4n) is 1.32. The predicted octanol–water partition coefficient (Wildman–Crippen LogP) is 2.68. The van der Waals surface area contributed by atoms with Crippen LogP contribution in [0, 0.1) is 0 Å². The Morgan fingerprint density at radius 1 is 1.71 bits per heavy atom. The molecule has 0 bridgehead atoms. The van der Waals surface area contributed by atoms with Crippen LogP contribution in [0.1, 0.15) is 24.0 Å². The summed E-state index contributed by atoms with van der Waals surface area (Å²) < 4.78 is 0. The number of rotatable bonds is 7. The summed E-state index contributed by atoms with van der Waals surface area (Å²) in [7, 11) is 0. The first-order chi connectivity index (χ1) is 8.15. The Morgan fingerprint density at radius 3 is 3.06 bits per heavy atom. The van der Waals surface area contributed by atoms with Crippen molar-refractivity contribution in [3.8, 4) is 0 Å². The van der Waals surface area contributed by atoms with Crippen molar-refractivity contribution in [2.45, 2.75) is 31.7 Å². The van der Waals surface area contributed by atoms with Gasteiger partial charge >= 0.3 is 0 Å². The molecule has 0 aromatic carbocycles. The molecule has 0 saturated carbocycles. The predicted molar refractivity (Wildman–Crippen MR) is 76.0 cm³/mol. The van der Waals surface area contributed by atoms with Gasteiger partial charge in [0.1, 0.15) is 5.01 Å². The van der Waals surface area contributed by atoms with Crippen LogP contribution in [0.4, 0.5) is 0 Å². The fourth-order valence-corrected chi connectivity index (χ4v) is 2.93. The van der Waals surface area contributed by atoms with Gasteiger partial charge in [-0.25, -0.2) is 4.98 Å². The molecule has 96 valence electrons. The highest BCUT2D eigenvalue weighted by atomic mass is 35.5.